The van der Waals surface area contributed by atoms with Crippen molar-refractivity contribution < 1.29 is 0 Å². The van der Waals surface area contributed by atoms with E-state index >= 15 is 0 Å². The fourth-order valence-corrected chi connectivity index (χ4v) is 7.46. The lowest BCUT2D eigenvalue weighted by molar-refractivity contribution is 0.385. The lowest BCUT2D eigenvalue weighted by atomic mass is 9.84. The largest absolute Gasteiger partial charge is 0.166 e. The van der Waals surface area contributed by atoms with Crippen molar-refractivity contribution in [3.63, 3.8) is 0 Å². The molecule has 8 heteroatoms. The van der Waals surface area contributed by atoms with E-state index in [0.717, 1.165) is 0 Å². The van der Waals surface area contributed by atoms with Crippen molar-refractivity contribution in [1.29, 1.82) is 0 Å². The van der Waals surface area contributed by atoms with Gasteiger partial charge in [-0.15, -0.1) is 46.4 Å². The predicted octanol–water partition coefficient (Wildman–Crippen LogP) is 5.68. The highest BCUT2D eigenvalue weighted by Crippen LogP contribution is 2.79. The van der Waals surface area contributed by atoms with Crippen LogP contribution in [0.3, 0.4) is 0 Å². The van der Waals surface area contributed by atoms with E-state index in [0.29, 0.717) is 6.42 Å². The van der Waals surface area contributed by atoms with E-state index in [1.807, 2.05) is 0 Å². The Balaban J connectivity index is 2.26. The molecule has 2 saturated carbocycles. The van der Waals surface area contributed by atoms with Crippen LogP contribution in [0.1, 0.15) is 6.42 Å². The number of hydrogen-bond acceptors (Lipinski definition) is 0. The van der Waals surface area contributed by atoms with Crippen LogP contribution in [0.2, 0.25) is 0 Å². The minimum atomic E-state index is -1.50. The minimum absolute atomic E-state index is 0.184. The van der Waals surface area contributed by atoms with Gasteiger partial charge in [-0.25, -0.2) is 0 Å². The van der Waals surface area contributed by atoms with E-state index in [9.17, 15) is 0 Å². The average molecular weight is 410 g/mol. The van der Waals surface area contributed by atoms with E-state index in [1.165, 1.54) is 0 Å². The van der Waals surface area contributed by atoms with Crippen molar-refractivity contribution >= 4 is 92.8 Å². The number of allylic oxidation sites excluding steroid dienone is 2. The van der Waals surface area contributed by atoms with Gasteiger partial charge in [-0.1, -0.05) is 46.4 Å². The van der Waals surface area contributed by atoms with Gasteiger partial charge in [0, 0.05) is 5.92 Å². The van der Waals surface area contributed by atoms with E-state index in [-0.39, 0.29) is 27.3 Å². The topological polar surface area (TPSA) is 0 Å². The van der Waals surface area contributed by atoms with Gasteiger partial charge in [-0.2, -0.15) is 0 Å². The van der Waals surface area contributed by atoms with E-state index < -0.39 is 19.5 Å². The Bertz CT molecular complexity index is 459. The summed E-state index contributed by atoms with van der Waals surface area (Å²) in [6.45, 7) is 0. The van der Waals surface area contributed by atoms with Crippen LogP contribution < -0.4 is 0 Å². The van der Waals surface area contributed by atoms with Gasteiger partial charge in [0.05, 0.1) is 20.8 Å². The van der Waals surface area contributed by atoms with Gasteiger partial charge in [-0.3, -0.25) is 0 Å². The summed E-state index contributed by atoms with van der Waals surface area (Å²) in [7, 11) is 0. The van der Waals surface area contributed by atoms with Crippen molar-refractivity contribution in [2.75, 3.05) is 0 Å². The highest BCUT2D eigenvalue weighted by molar-refractivity contribution is 6.66. The van der Waals surface area contributed by atoms with Gasteiger partial charge in [0.2, 0.25) is 0 Å². The fourth-order valence-electron chi connectivity index (χ4n) is 3.48. The Kier molecular flexibility index (Phi) is 3.39. The fraction of sp³-hybridized carbons (Fsp3) is 0.800. The van der Waals surface area contributed by atoms with Gasteiger partial charge < -0.3 is 0 Å². The monoisotopic (exact) mass is 406 g/mol. The molecule has 0 nitrogen and oxygen atoms in total. The molecule has 2 fully saturated rings. The molecule has 3 aliphatic rings. The van der Waals surface area contributed by atoms with Crippen molar-refractivity contribution in [2.45, 2.75) is 31.3 Å². The van der Waals surface area contributed by atoms with Gasteiger partial charge in [-0.05, 0) is 12.3 Å². The first-order valence-electron chi connectivity index (χ1n) is 5.21. The molecule has 3 aliphatic carbocycles. The molecule has 0 aromatic heterocycles. The smallest absolute Gasteiger partial charge is 0.121 e. The summed E-state index contributed by atoms with van der Waals surface area (Å²) in [4.78, 5) is -2.50. The molecule has 0 radical (unpaired) electrons. The van der Waals surface area contributed by atoms with Crippen LogP contribution in [-0.4, -0.2) is 24.8 Å². The Labute approximate surface area is 145 Å². The summed E-state index contributed by atoms with van der Waals surface area (Å²) in [5.41, 5.74) is 0. The maximum Gasteiger partial charge on any atom is 0.166 e. The molecule has 2 bridgehead atoms. The lowest BCUT2D eigenvalue weighted by Crippen LogP contribution is -2.47. The summed E-state index contributed by atoms with van der Waals surface area (Å²) in [5, 5.41) is -0.259. The summed E-state index contributed by atoms with van der Waals surface area (Å²) in [6.07, 6.45) is 0.555. The molecule has 102 valence electrons. The van der Waals surface area contributed by atoms with Crippen LogP contribution in [0.5, 0.6) is 0 Å². The Morgan fingerprint density at radius 1 is 0.889 bits per heavy atom. The SMILES string of the molecule is ClC1=C(Cl)[C@]2(Cl)[C@@H]3C[C@H](Cl)C(Cl)C3C1(Cl)C2(Cl)Cl. The van der Waals surface area contributed by atoms with Crippen LogP contribution in [0.4, 0.5) is 0 Å². The van der Waals surface area contributed by atoms with Gasteiger partial charge in [0.1, 0.15) is 9.75 Å². The van der Waals surface area contributed by atoms with Crippen LogP contribution in [0, 0.1) is 11.8 Å². The lowest BCUT2D eigenvalue weighted by Gasteiger charge is -2.35. The number of halogens is 8. The second kappa shape index (κ2) is 4.07. The number of rotatable bonds is 0. The first kappa shape index (κ1) is 15.0. The van der Waals surface area contributed by atoms with Crippen molar-refractivity contribution in [3.05, 3.63) is 10.1 Å². The maximum atomic E-state index is 6.62. The van der Waals surface area contributed by atoms with E-state index in [4.69, 9.17) is 92.8 Å². The zero-order chi connectivity index (χ0) is 13.7. The van der Waals surface area contributed by atoms with Crippen molar-refractivity contribution in [2.24, 2.45) is 11.8 Å². The standard InChI is InChI=1S/C10H6Cl8/c11-3-1-2-4(5(3)12)9(16)7(14)6(13)8(2,15)10(9,17)18/h2-5H,1H2/t2-,3+,4?,5?,8-,9?/m1/s1. The molecule has 6 atom stereocenters. The van der Waals surface area contributed by atoms with Crippen molar-refractivity contribution in [1.82, 2.24) is 0 Å². The Hall–Kier alpha value is 2.06. The quantitative estimate of drug-likeness (QED) is 0.451. The Morgan fingerprint density at radius 2 is 1.39 bits per heavy atom. The highest BCUT2D eigenvalue weighted by Gasteiger charge is 2.84. The molecular weight excluding hydrogens is 404 g/mol. The molecule has 0 aromatic carbocycles. The van der Waals surface area contributed by atoms with Crippen molar-refractivity contribution in [3.8, 4) is 0 Å². The number of hydrogen-bond donors (Lipinski definition) is 0. The van der Waals surface area contributed by atoms with Gasteiger partial charge in [0.15, 0.2) is 4.33 Å². The highest BCUT2D eigenvalue weighted by atomic mass is 35.5. The molecule has 3 unspecified atom stereocenters. The summed E-state index contributed by atoms with van der Waals surface area (Å²) in [6, 6.07) is 0. The van der Waals surface area contributed by atoms with Crippen LogP contribution in [0.15, 0.2) is 10.1 Å². The average Bonchev–Trinajstić information content (AvgIpc) is 2.69. The van der Waals surface area contributed by atoms with Crippen LogP contribution in [-0.2, 0) is 0 Å². The molecule has 0 amide bonds. The molecule has 0 heterocycles. The summed E-state index contributed by atoms with van der Waals surface area (Å²) >= 11 is 51.0. The van der Waals surface area contributed by atoms with Crippen LogP contribution in [0.25, 0.3) is 0 Å². The van der Waals surface area contributed by atoms with E-state index in [1.54, 1.807) is 0 Å². The second-order valence-corrected chi connectivity index (χ2v) is 9.29. The Morgan fingerprint density at radius 3 is 1.94 bits per heavy atom. The number of fused-ring (bicyclic) bond motifs is 5. The summed E-state index contributed by atoms with van der Waals surface area (Å²) < 4.78 is -1.50. The normalized spacial score (nSPS) is 57.3. The zero-order valence-electron chi connectivity index (χ0n) is 8.54. The molecule has 0 aromatic rings. The molecule has 18 heavy (non-hydrogen) atoms. The van der Waals surface area contributed by atoms with Gasteiger partial charge in [0.25, 0.3) is 0 Å². The molecule has 0 aliphatic heterocycles. The molecule has 0 saturated heterocycles. The molecular formula is C10H6Cl8. The minimum Gasteiger partial charge on any atom is -0.121 e. The first-order chi connectivity index (χ1) is 8.11. The van der Waals surface area contributed by atoms with E-state index in [2.05, 4.69) is 0 Å². The summed E-state index contributed by atoms with van der Waals surface area (Å²) in [5.74, 6) is -0.488. The predicted molar refractivity (Wildman–Crippen MR) is 81.2 cm³/mol. The second-order valence-electron chi connectivity index (χ2n) is 4.95. The third-order valence-corrected chi connectivity index (χ3v) is 9.79. The third kappa shape index (κ3) is 1.28. The van der Waals surface area contributed by atoms with Crippen LogP contribution >= 0.6 is 92.8 Å². The maximum absolute atomic E-state index is 6.62. The first-order valence-corrected chi connectivity index (χ1v) is 8.35. The third-order valence-electron chi connectivity index (χ3n) is 4.32. The molecule has 0 N–H and O–H groups in total. The number of alkyl halides is 6. The van der Waals surface area contributed by atoms with Gasteiger partial charge >= 0.3 is 0 Å². The zero-order valence-corrected chi connectivity index (χ0v) is 14.6. The molecule has 0 spiro atoms. The molecule has 3 rings (SSSR count).